The van der Waals surface area contributed by atoms with Crippen LogP contribution in [0.3, 0.4) is 0 Å². The van der Waals surface area contributed by atoms with Crippen LogP contribution in [0.2, 0.25) is 0 Å². The first-order valence-corrected chi connectivity index (χ1v) is 7.77. The Balaban J connectivity index is 2.22. The van der Waals surface area contributed by atoms with Gasteiger partial charge in [-0.1, -0.05) is 28.1 Å². The minimum Gasteiger partial charge on any atom is -0.495 e. The lowest BCUT2D eigenvalue weighted by Crippen LogP contribution is -2.00. The van der Waals surface area contributed by atoms with E-state index in [0.717, 1.165) is 10.0 Å². The van der Waals surface area contributed by atoms with Gasteiger partial charge in [0, 0.05) is 16.2 Å². The van der Waals surface area contributed by atoms with Crippen LogP contribution in [0.15, 0.2) is 51.8 Å². The summed E-state index contributed by atoms with van der Waals surface area (Å²) in [6, 6.07) is 13.0. The molecular weight excluding hydrogens is 326 g/mol. The highest BCUT2D eigenvalue weighted by Crippen LogP contribution is 2.26. The molecular formula is C14H14BrNO2S. The Morgan fingerprint density at radius 3 is 2.53 bits per heavy atom. The zero-order valence-corrected chi connectivity index (χ0v) is 12.8. The van der Waals surface area contributed by atoms with E-state index in [2.05, 4.69) is 15.9 Å². The third-order valence-corrected chi connectivity index (χ3v) is 4.60. The molecule has 2 aromatic rings. The van der Waals surface area contributed by atoms with Gasteiger partial charge >= 0.3 is 0 Å². The average Bonchev–Trinajstić information content (AvgIpc) is 2.41. The number of rotatable bonds is 4. The van der Waals surface area contributed by atoms with E-state index in [-0.39, 0.29) is 0 Å². The molecule has 100 valence electrons. The van der Waals surface area contributed by atoms with Gasteiger partial charge in [0.05, 0.1) is 28.6 Å². The van der Waals surface area contributed by atoms with Gasteiger partial charge in [0.25, 0.3) is 0 Å². The lowest BCUT2D eigenvalue weighted by atomic mass is 10.2. The number of nitrogen functional groups attached to an aromatic ring is 1. The Bertz CT molecular complexity index is 599. The number of methoxy groups -OCH3 is 1. The van der Waals surface area contributed by atoms with Crippen LogP contribution >= 0.6 is 15.9 Å². The molecule has 1 unspecified atom stereocenters. The lowest BCUT2D eigenvalue weighted by molar-refractivity contribution is 0.404. The Labute approximate surface area is 123 Å². The zero-order chi connectivity index (χ0) is 13.8. The first-order valence-electron chi connectivity index (χ1n) is 5.66. The fourth-order valence-electron chi connectivity index (χ4n) is 1.68. The average molecular weight is 340 g/mol. The van der Waals surface area contributed by atoms with Gasteiger partial charge in [0.1, 0.15) is 5.75 Å². The van der Waals surface area contributed by atoms with E-state index in [4.69, 9.17) is 10.5 Å². The molecule has 0 amide bonds. The van der Waals surface area contributed by atoms with Crippen LogP contribution in [-0.2, 0) is 16.6 Å². The summed E-state index contributed by atoms with van der Waals surface area (Å²) in [5.74, 6) is 1.02. The van der Waals surface area contributed by atoms with Gasteiger partial charge < -0.3 is 10.5 Å². The van der Waals surface area contributed by atoms with E-state index in [1.54, 1.807) is 25.3 Å². The van der Waals surface area contributed by atoms with Crippen LogP contribution in [0, 0.1) is 0 Å². The molecule has 0 aliphatic rings. The first-order chi connectivity index (χ1) is 9.10. The van der Waals surface area contributed by atoms with E-state index in [9.17, 15) is 4.21 Å². The number of hydrogen-bond donors (Lipinski definition) is 1. The fourth-order valence-corrected chi connectivity index (χ4v) is 3.18. The minimum atomic E-state index is -1.16. The molecule has 0 saturated carbocycles. The molecule has 0 radical (unpaired) electrons. The highest BCUT2D eigenvalue weighted by Gasteiger charge is 2.11. The Morgan fingerprint density at radius 1 is 1.21 bits per heavy atom. The van der Waals surface area contributed by atoms with Crippen molar-refractivity contribution in [1.29, 1.82) is 0 Å². The van der Waals surface area contributed by atoms with E-state index < -0.39 is 10.8 Å². The summed E-state index contributed by atoms with van der Waals surface area (Å²) < 4.78 is 18.6. The molecule has 0 saturated heterocycles. The number of hydrogen-bond acceptors (Lipinski definition) is 3. The van der Waals surface area contributed by atoms with Crippen molar-refractivity contribution in [3.63, 3.8) is 0 Å². The standard InChI is InChI=1S/C14H14BrNO2S/c1-18-13-8-12(16)6-7-14(13)19(17)9-10-2-4-11(15)5-3-10/h2-8H,9,16H2,1H3. The van der Waals surface area contributed by atoms with Gasteiger partial charge in [-0.05, 0) is 29.8 Å². The van der Waals surface area contributed by atoms with Gasteiger partial charge in [-0.25, -0.2) is 0 Å². The van der Waals surface area contributed by atoms with Crippen LogP contribution in [0.5, 0.6) is 5.75 Å². The van der Waals surface area contributed by atoms with Crippen molar-refractivity contribution in [2.45, 2.75) is 10.6 Å². The Kier molecular flexibility index (Phi) is 4.61. The SMILES string of the molecule is COc1cc(N)ccc1S(=O)Cc1ccc(Br)cc1. The monoisotopic (exact) mass is 339 g/mol. The van der Waals surface area contributed by atoms with Crippen LogP contribution in [0.25, 0.3) is 0 Å². The van der Waals surface area contributed by atoms with Gasteiger partial charge in [-0.3, -0.25) is 4.21 Å². The molecule has 3 nitrogen and oxygen atoms in total. The summed E-state index contributed by atoms with van der Waals surface area (Å²) in [6.07, 6.45) is 0. The number of anilines is 1. The molecule has 0 aliphatic heterocycles. The molecule has 2 aromatic carbocycles. The van der Waals surface area contributed by atoms with Crippen molar-refractivity contribution in [3.05, 3.63) is 52.5 Å². The maximum absolute atomic E-state index is 12.4. The molecule has 1 atom stereocenters. The van der Waals surface area contributed by atoms with E-state index in [1.807, 2.05) is 24.3 Å². The highest BCUT2D eigenvalue weighted by atomic mass is 79.9. The second kappa shape index (κ2) is 6.21. The topological polar surface area (TPSA) is 52.3 Å². The Hall–Kier alpha value is -1.33. The molecule has 2 N–H and O–H groups in total. The number of ether oxygens (including phenoxy) is 1. The maximum atomic E-state index is 12.4. The third-order valence-electron chi connectivity index (χ3n) is 2.64. The van der Waals surface area contributed by atoms with Crippen molar-refractivity contribution in [3.8, 4) is 5.75 Å². The predicted octanol–water partition coefficient (Wildman–Crippen LogP) is 3.35. The molecule has 19 heavy (non-hydrogen) atoms. The number of nitrogens with two attached hydrogens (primary N) is 1. The molecule has 0 fully saturated rings. The summed E-state index contributed by atoms with van der Waals surface area (Å²) in [5.41, 5.74) is 7.30. The second-order valence-corrected chi connectivity index (χ2v) is 6.36. The fraction of sp³-hybridized carbons (Fsp3) is 0.143. The zero-order valence-electron chi connectivity index (χ0n) is 10.4. The van der Waals surface area contributed by atoms with Gasteiger partial charge in [0.15, 0.2) is 0 Å². The smallest absolute Gasteiger partial charge is 0.137 e. The van der Waals surface area contributed by atoms with Crippen molar-refractivity contribution in [2.75, 3.05) is 12.8 Å². The summed E-state index contributed by atoms with van der Waals surface area (Å²) in [5, 5.41) is 0. The summed E-state index contributed by atoms with van der Waals surface area (Å²) in [7, 11) is 0.394. The number of benzene rings is 2. The van der Waals surface area contributed by atoms with Crippen LogP contribution in [-0.4, -0.2) is 11.3 Å². The van der Waals surface area contributed by atoms with Crippen LogP contribution in [0.4, 0.5) is 5.69 Å². The summed E-state index contributed by atoms with van der Waals surface area (Å²) in [4.78, 5) is 0.666. The van der Waals surface area contributed by atoms with E-state index in [1.165, 1.54) is 0 Å². The molecule has 0 heterocycles. The summed E-state index contributed by atoms with van der Waals surface area (Å²) >= 11 is 3.38. The van der Waals surface area contributed by atoms with Gasteiger partial charge in [-0.2, -0.15) is 0 Å². The van der Waals surface area contributed by atoms with Crippen molar-refractivity contribution < 1.29 is 8.95 Å². The Morgan fingerprint density at radius 2 is 1.89 bits per heavy atom. The second-order valence-electron chi connectivity index (χ2n) is 4.03. The van der Waals surface area contributed by atoms with Crippen molar-refractivity contribution in [1.82, 2.24) is 0 Å². The molecule has 0 spiro atoms. The largest absolute Gasteiger partial charge is 0.495 e. The lowest BCUT2D eigenvalue weighted by Gasteiger charge is -2.09. The van der Waals surface area contributed by atoms with E-state index >= 15 is 0 Å². The van der Waals surface area contributed by atoms with Crippen molar-refractivity contribution in [2.24, 2.45) is 0 Å². The third kappa shape index (κ3) is 3.58. The van der Waals surface area contributed by atoms with Crippen LogP contribution in [0.1, 0.15) is 5.56 Å². The van der Waals surface area contributed by atoms with Gasteiger partial charge in [0.2, 0.25) is 0 Å². The first kappa shape index (κ1) is 14.1. The maximum Gasteiger partial charge on any atom is 0.137 e. The molecule has 0 bridgehead atoms. The quantitative estimate of drug-likeness (QED) is 0.869. The molecule has 0 aromatic heterocycles. The molecule has 5 heteroatoms. The van der Waals surface area contributed by atoms with Gasteiger partial charge in [-0.15, -0.1) is 0 Å². The molecule has 0 aliphatic carbocycles. The highest BCUT2D eigenvalue weighted by molar-refractivity contribution is 9.10. The van der Waals surface area contributed by atoms with Crippen molar-refractivity contribution >= 4 is 32.4 Å². The normalized spacial score (nSPS) is 12.1. The predicted molar refractivity (Wildman–Crippen MR) is 81.7 cm³/mol. The summed E-state index contributed by atoms with van der Waals surface area (Å²) in [6.45, 7) is 0. The number of halogens is 1. The minimum absolute atomic E-state index is 0.452. The van der Waals surface area contributed by atoms with Crippen LogP contribution < -0.4 is 10.5 Å². The van der Waals surface area contributed by atoms with E-state index in [0.29, 0.717) is 22.1 Å². The molecule has 2 rings (SSSR count).